The van der Waals surface area contributed by atoms with Gasteiger partial charge in [0.2, 0.25) is 5.91 Å². The minimum Gasteiger partial charge on any atom is -0.357 e. The second kappa shape index (κ2) is 8.03. The van der Waals surface area contributed by atoms with Crippen LogP contribution in [0.1, 0.15) is 52.9 Å². The lowest BCUT2D eigenvalue weighted by atomic mass is 9.85. The van der Waals surface area contributed by atoms with E-state index in [2.05, 4.69) is 31.4 Å². The molecule has 0 saturated heterocycles. The van der Waals surface area contributed by atoms with E-state index in [4.69, 9.17) is 4.99 Å². The molecule has 1 amide bonds. The average molecular weight is 436 g/mol. The summed E-state index contributed by atoms with van der Waals surface area (Å²) in [6.07, 6.45) is 5.37. The predicted molar refractivity (Wildman–Crippen MR) is 106 cm³/mol. The fourth-order valence-corrected chi connectivity index (χ4v) is 3.39. The molecule has 134 valence electrons. The van der Waals surface area contributed by atoms with Gasteiger partial charge in [0.05, 0.1) is 12.0 Å². The molecule has 0 aromatic carbocycles. The molecule has 0 heterocycles. The number of nitrogens with one attached hydrogen (secondary N) is 2. The highest BCUT2D eigenvalue weighted by atomic mass is 127. The molecule has 6 heteroatoms. The highest BCUT2D eigenvalue weighted by molar-refractivity contribution is 14.0. The zero-order valence-electron chi connectivity index (χ0n) is 15.2. The Morgan fingerprint density at radius 3 is 2.26 bits per heavy atom. The van der Waals surface area contributed by atoms with Gasteiger partial charge in [0.25, 0.3) is 0 Å². The van der Waals surface area contributed by atoms with Crippen molar-refractivity contribution in [2.75, 3.05) is 27.2 Å². The van der Waals surface area contributed by atoms with Crippen LogP contribution < -0.4 is 10.6 Å². The Labute approximate surface area is 158 Å². The fourth-order valence-electron chi connectivity index (χ4n) is 3.39. The molecule has 0 aromatic heterocycles. The molecule has 2 saturated carbocycles. The number of halogens is 1. The third-order valence-electron chi connectivity index (χ3n) is 5.13. The van der Waals surface area contributed by atoms with Crippen LogP contribution in [0.15, 0.2) is 4.99 Å². The summed E-state index contributed by atoms with van der Waals surface area (Å²) in [5.41, 5.74) is 0.0750. The summed E-state index contributed by atoms with van der Waals surface area (Å²) in [7, 11) is 3.70. The van der Waals surface area contributed by atoms with Gasteiger partial charge in [0.1, 0.15) is 0 Å². The maximum absolute atomic E-state index is 12.6. The third kappa shape index (κ3) is 4.97. The van der Waals surface area contributed by atoms with Crippen LogP contribution in [0.4, 0.5) is 0 Å². The van der Waals surface area contributed by atoms with E-state index in [1.54, 1.807) is 4.90 Å². The van der Waals surface area contributed by atoms with Gasteiger partial charge >= 0.3 is 0 Å². The zero-order chi connectivity index (χ0) is 16.4. The van der Waals surface area contributed by atoms with E-state index in [0.717, 1.165) is 38.2 Å². The average Bonchev–Trinajstić information content (AvgIpc) is 2.88. The van der Waals surface area contributed by atoms with Crippen LogP contribution in [0.25, 0.3) is 0 Å². The van der Waals surface area contributed by atoms with Crippen LogP contribution >= 0.6 is 24.0 Å². The number of nitrogens with zero attached hydrogens (tertiary/aromatic N) is 2. The number of hydrogen-bond donors (Lipinski definition) is 2. The van der Waals surface area contributed by atoms with E-state index in [0.29, 0.717) is 18.0 Å². The summed E-state index contributed by atoms with van der Waals surface area (Å²) in [6, 6.07) is 0.495. The van der Waals surface area contributed by atoms with Gasteiger partial charge in [-0.25, -0.2) is 0 Å². The van der Waals surface area contributed by atoms with E-state index in [9.17, 15) is 4.79 Å². The highest BCUT2D eigenvalue weighted by Crippen LogP contribution is 2.44. The molecule has 0 aliphatic heterocycles. The smallest absolute Gasteiger partial charge is 0.230 e. The van der Waals surface area contributed by atoms with Crippen molar-refractivity contribution in [1.82, 2.24) is 15.5 Å². The topological polar surface area (TPSA) is 56.7 Å². The number of carbonyl (C=O) groups is 1. The first-order valence-corrected chi connectivity index (χ1v) is 8.57. The summed E-state index contributed by atoms with van der Waals surface area (Å²) in [6.45, 7) is 8.04. The lowest BCUT2D eigenvalue weighted by Gasteiger charge is -2.29. The predicted octanol–water partition coefficient (Wildman–Crippen LogP) is 2.61. The number of guanidine groups is 1. The Hall–Kier alpha value is -0.530. The van der Waals surface area contributed by atoms with Gasteiger partial charge in [-0.1, -0.05) is 26.7 Å². The number of rotatable bonds is 5. The molecule has 2 N–H and O–H groups in total. The van der Waals surface area contributed by atoms with Crippen molar-refractivity contribution >= 4 is 35.8 Å². The van der Waals surface area contributed by atoms with Crippen LogP contribution in [0.5, 0.6) is 0 Å². The summed E-state index contributed by atoms with van der Waals surface area (Å²) < 4.78 is 0. The molecular formula is C17H33IN4O. The maximum atomic E-state index is 12.6. The van der Waals surface area contributed by atoms with Crippen molar-refractivity contribution in [1.29, 1.82) is 0 Å². The first kappa shape index (κ1) is 20.5. The highest BCUT2D eigenvalue weighted by Gasteiger charge is 2.46. The molecule has 2 aliphatic rings. The van der Waals surface area contributed by atoms with Gasteiger partial charge in [-0.15, -0.1) is 24.0 Å². The van der Waals surface area contributed by atoms with Gasteiger partial charge in [-0.05, 0) is 31.6 Å². The van der Waals surface area contributed by atoms with E-state index in [1.807, 2.05) is 14.1 Å². The minimum atomic E-state index is -0.287. The molecule has 2 aliphatic carbocycles. The fraction of sp³-hybridized carbons (Fsp3) is 0.882. The van der Waals surface area contributed by atoms with Gasteiger partial charge in [-0.2, -0.15) is 0 Å². The monoisotopic (exact) mass is 436 g/mol. The lowest BCUT2D eigenvalue weighted by Crippen LogP contribution is -2.43. The lowest BCUT2D eigenvalue weighted by molar-refractivity contribution is -0.138. The second-order valence-corrected chi connectivity index (χ2v) is 7.77. The van der Waals surface area contributed by atoms with E-state index in [-0.39, 0.29) is 35.3 Å². The van der Waals surface area contributed by atoms with Crippen molar-refractivity contribution < 1.29 is 4.79 Å². The zero-order valence-corrected chi connectivity index (χ0v) is 17.6. The number of carbonyl (C=O) groups excluding carboxylic acids is 1. The van der Waals surface area contributed by atoms with Crippen LogP contribution in [0, 0.1) is 10.8 Å². The summed E-state index contributed by atoms with van der Waals surface area (Å²) >= 11 is 0. The standard InChI is InChI=1S/C17H32N4O.HI/c1-6-18-15(20-13-11-16(13,2)3)19-12-17(9-7-8-10-17)14(22)21(4)5;/h13H,6-12H2,1-5H3,(H2,18,19,20);1H. The first-order valence-electron chi connectivity index (χ1n) is 8.57. The minimum absolute atomic E-state index is 0. The second-order valence-electron chi connectivity index (χ2n) is 7.77. The van der Waals surface area contributed by atoms with Crippen LogP contribution in [0.3, 0.4) is 0 Å². The Morgan fingerprint density at radius 2 is 1.83 bits per heavy atom. The SMILES string of the molecule is CCNC(=NCC1(C(=O)N(C)C)CCCC1)NC1CC1(C)C.I. The largest absolute Gasteiger partial charge is 0.357 e. The first-order chi connectivity index (χ1) is 10.3. The molecule has 5 nitrogen and oxygen atoms in total. The molecule has 23 heavy (non-hydrogen) atoms. The Bertz CT molecular complexity index is 442. The number of hydrogen-bond acceptors (Lipinski definition) is 2. The summed E-state index contributed by atoms with van der Waals surface area (Å²) in [4.78, 5) is 19.1. The van der Waals surface area contributed by atoms with Gasteiger partial charge in [-0.3, -0.25) is 9.79 Å². The summed E-state index contributed by atoms with van der Waals surface area (Å²) in [5.74, 6) is 1.09. The summed E-state index contributed by atoms with van der Waals surface area (Å²) in [5, 5.41) is 6.82. The maximum Gasteiger partial charge on any atom is 0.230 e. The Balaban J connectivity index is 0.00000264. The van der Waals surface area contributed by atoms with Crippen molar-refractivity contribution in [3.05, 3.63) is 0 Å². The number of amides is 1. The number of aliphatic imine (C=N–C) groups is 1. The quantitative estimate of drug-likeness (QED) is 0.396. The van der Waals surface area contributed by atoms with Gasteiger partial charge in [0.15, 0.2) is 5.96 Å². The van der Waals surface area contributed by atoms with Crippen molar-refractivity contribution in [3.63, 3.8) is 0 Å². The van der Waals surface area contributed by atoms with E-state index in [1.165, 1.54) is 6.42 Å². The Morgan fingerprint density at radius 1 is 1.26 bits per heavy atom. The van der Waals surface area contributed by atoms with E-state index >= 15 is 0 Å². The molecule has 0 spiro atoms. The Kier molecular flexibility index (Phi) is 7.16. The van der Waals surface area contributed by atoms with Crippen LogP contribution in [-0.2, 0) is 4.79 Å². The van der Waals surface area contributed by atoms with E-state index < -0.39 is 0 Å². The van der Waals surface area contributed by atoms with Crippen molar-refractivity contribution in [2.45, 2.75) is 58.9 Å². The molecule has 2 rings (SSSR count). The molecule has 1 unspecified atom stereocenters. The normalized spacial score (nSPS) is 24.6. The molecule has 0 aromatic rings. The third-order valence-corrected chi connectivity index (χ3v) is 5.13. The molecule has 1 atom stereocenters. The van der Waals surface area contributed by atoms with Gasteiger partial charge < -0.3 is 15.5 Å². The molecule has 2 fully saturated rings. The molecule has 0 bridgehead atoms. The van der Waals surface area contributed by atoms with Gasteiger partial charge in [0, 0.05) is 26.7 Å². The molecule has 0 radical (unpaired) electrons. The van der Waals surface area contributed by atoms with Crippen LogP contribution in [-0.4, -0.2) is 50.0 Å². The molecular weight excluding hydrogens is 403 g/mol. The van der Waals surface area contributed by atoms with Crippen molar-refractivity contribution in [3.8, 4) is 0 Å². The van der Waals surface area contributed by atoms with Crippen molar-refractivity contribution in [2.24, 2.45) is 15.8 Å². The van der Waals surface area contributed by atoms with Crippen LogP contribution in [0.2, 0.25) is 0 Å².